The van der Waals surface area contributed by atoms with E-state index in [1.54, 1.807) is 12.5 Å². The fourth-order valence-corrected chi connectivity index (χ4v) is 1.98. The number of aliphatic hydroxyl groups excluding tert-OH is 1. The first-order valence-electron chi connectivity index (χ1n) is 6.44. The molecule has 0 aliphatic heterocycles. The fourth-order valence-electron chi connectivity index (χ4n) is 1.98. The van der Waals surface area contributed by atoms with Crippen LogP contribution in [0.5, 0.6) is 0 Å². The highest BCUT2D eigenvalue weighted by molar-refractivity contribution is 5.26. The second kappa shape index (κ2) is 5.83. The summed E-state index contributed by atoms with van der Waals surface area (Å²) in [7, 11) is 0. The molecule has 2 aromatic rings. The molecule has 0 saturated carbocycles. The maximum atomic E-state index is 10.1. The van der Waals surface area contributed by atoms with Crippen LogP contribution in [0.25, 0.3) is 0 Å². The Balaban J connectivity index is 2.04. The predicted molar refractivity (Wildman–Crippen MR) is 72.3 cm³/mol. The minimum atomic E-state index is -0.481. The van der Waals surface area contributed by atoms with Gasteiger partial charge in [0.05, 0.1) is 19.0 Å². The Morgan fingerprint density at radius 2 is 1.89 bits per heavy atom. The Bertz CT molecular complexity index is 462. The van der Waals surface area contributed by atoms with Crippen molar-refractivity contribution in [3.05, 3.63) is 54.1 Å². The SMILES string of the molecule is CC[C@@H](C)c1ccc([C@@H](O)Cn2ccnc2)cc1. The zero-order valence-corrected chi connectivity index (χ0v) is 11.0. The van der Waals surface area contributed by atoms with E-state index in [1.807, 2.05) is 22.9 Å². The average molecular weight is 244 g/mol. The number of imidazole rings is 1. The van der Waals surface area contributed by atoms with Crippen LogP contribution < -0.4 is 0 Å². The zero-order valence-electron chi connectivity index (χ0n) is 11.0. The molecule has 1 aromatic heterocycles. The van der Waals surface area contributed by atoms with Gasteiger partial charge in [-0.15, -0.1) is 0 Å². The Labute approximate surface area is 108 Å². The molecule has 1 aromatic carbocycles. The molecule has 1 heterocycles. The van der Waals surface area contributed by atoms with Crippen molar-refractivity contribution >= 4 is 0 Å². The van der Waals surface area contributed by atoms with Gasteiger partial charge in [0.2, 0.25) is 0 Å². The normalized spacial score (nSPS) is 14.4. The van der Waals surface area contributed by atoms with Crippen LogP contribution in [0.15, 0.2) is 43.0 Å². The van der Waals surface area contributed by atoms with Crippen LogP contribution in [0.2, 0.25) is 0 Å². The maximum Gasteiger partial charge on any atom is 0.0969 e. The van der Waals surface area contributed by atoms with Crippen LogP contribution >= 0.6 is 0 Å². The summed E-state index contributed by atoms with van der Waals surface area (Å²) in [4.78, 5) is 3.97. The van der Waals surface area contributed by atoms with E-state index in [4.69, 9.17) is 0 Å². The third-order valence-electron chi connectivity index (χ3n) is 3.45. The summed E-state index contributed by atoms with van der Waals surface area (Å²) < 4.78 is 1.88. The second-order valence-electron chi connectivity index (χ2n) is 4.75. The molecule has 18 heavy (non-hydrogen) atoms. The van der Waals surface area contributed by atoms with Crippen molar-refractivity contribution in [3.8, 4) is 0 Å². The molecule has 0 fully saturated rings. The first kappa shape index (κ1) is 12.8. The molecule has 0 amide bonds. The summed E-state index contributed by atoms with van der Waals surface area (Å²) in [6.45, 7) is 4.95. The van der Waals surface area contributed by atoms with Crippen molar-refractivity contribution in [2.45, 2.75) is 38.8 Å². The number of rotatable bonds is 5. The molecule has 2 atom stereocenters. The van der Waals surface area contributed by atoms with E-state index in [-0.39, 0.29) is 0 Å². The van der Waals surface area contributed by atoms with Crippen molar-refractivity contribution in [2.75, 3.05) is 0 Å². The summed E-state index contributed by atoms with van der Waals surface area (Å²) >= 11 is 0. The molecule has 0 spiro atoms. The topological polar surface area (TPSA) is 38.0 Å². The molecular weight excluding hydrogens is 224 g/mol. The van der Waals surface area contributed by atoms with Gasteiger partial charge in [-0.3, -0.25) is 0 Å². The average Bonchev–Trinajstić information content (AvgIpc) is 2.91. The molecule has 0 bridgehead atoms. The smallest absolute Gasteiger partial charge is 0.0969 e. The summed E-state index contributed by atoms with van der Waals surface area (Å²) in [6.07, 6.45) is 5.95. The lowest BCUT2D eigenvalue weighted by Gasteiger charge is -2.14. The van der Waals surface area contributed by atoms with Gasteiger partial charge in [-0.2, -0.15) is 0 Å². The van der Waals surface area contributed by atoms with Crippen molar-refractivity contribution in [1.29, 1.82) is 0 Å². The largest absolute Gasteiger partial charge is 0.387 e. The molecule has 1 N–H and O–H groups in total. The first-order chi connectivity index (χ1) is 8.70. The molecule has 0 unspecified atom stereocenters. The van der Waals surface area contributed by atoms with Crippen LogP contribution in [0.4, 0.5) is 0 Å². The number of nitrogens with zero attached hydrogens (tertiary/aromatic N) is 2. The molecule has 3 nitrogen and oxygen atoms in total. The number of hydrogen-bond donors (Lipinski definition) is 1. The van der Waals surface area contributed by atoms with Crippen molar-refractivity contribution in [2.24, 2.45) is 0 Å². The van der Waals surface area contributed by atoms with E-state index < -0.39 is 6.10 Å². The first-order valence-corrected chi connectivity index (χ1v) is 6.44. The van der Waals surface area contributed by atoms with Crippen LogP contribution in [-0.4, -0.2) is 14.7 Å². The Kier molecular flexibility index (Phi) is 4.15. The van der Waals surface area contributed by atoms with E-state index in [1.165, 1.54) is 5.56 Å². The molecule has 0 aliphatic rings. The van der Waals surface area contributed by atoms with E-state index in [9.17, 15) is 5.11 Å². The third kappa shape index (κ3) is 2.99. The number of hydrogen-bond acceptors (Lipinski definition) is 2. The Hall–Kier alpha value is -1.61. The summed E-state index contributed by atoms with van der Waals surface area (Å²) in [6, 6.07) is 8.26. The molecule has 0 saturated heterocycles. The van der Waals surface area contributed by atoms with Crippen LogP contribution in [0.1, 0.15) is 43.4 Å². The molecule has 0 aliphatic carbocycles. The molecule has 0 radical (unpaired) electrons. The van der Waals surface area contributed by atoms with E-state index in [0.717, 1.165) is 12.0 Å². The number of aromatic nitrogens is 2. The molecular formula is C15H20N2O. The lowest BCUT2D eigenvalue weighted by Crippen LogP contribution is -2.07. The van der Waals surface area contributed by atoms with Gasteiger partial charge >= 0.3 is 0 Å². The van der Waals surface area contributed by atoms with Crippen molar-refractivity contribution < 1.29 is 5.11 Å². The van der Waals surface area contributed by atoms with Gasteiger partial charge in [-0.05, 0) is 23.5 Å². The van der Waals surface area contributed by atoms with Crippen LogP contribution in [0.3, 0.4) is 0 Å². The fraction of sp³-hybridized carbons (Fsp3) is 0.400. The van der Waals surface area contributed by atoms with E-state index in [2.05, 4.69) is 31.0 Å². The Morgan fingerprint density at radius 1 is 1.22 bits per heavy atom. The van der Waals surface area contributed by atoms with E-state index in [0.29, 0.717) is 12.5 Å². The third-order valence-corrected chi connectivity index (χ3v) is 3.45. The predicted octanol–water partition coefficient (Wildman–Crippen LogP) is 3.13. The summed E-state index contributed by atoms with van der Waals surface area (Å²) in [5.74, 6) is 0.574. The zero-order chi connectivity index (χ0) is 13.0. The van der Waals surface area contributed by atoms with Gasteiger partial charge in [0.15, 0.2) is 0 Å². The van der Waals surface area contributed by atoms with Gasteiger partial charge in [0, 0.05) is 12.4 Å². The summed E-state index contributed by atoms with van der Waals surface area (Å²) in [5, 5.41) is 10.1. The Morgan fingerprint density at radius 3 is 2.44 bits per heavy atom. The standard InChI is InChI=1S/C15H20N2O/c1-3-12(2)13-4-6-14(7-5-13)15(18)10-17-9-8-16-11-17/h4-9,11-12,15,18H,3,10H2,1-2H3/t12-,15+/m1/s1. The molecule has 96 valence electrons. The highest BCUT2D eigenvalue weighted by Gasteiger charge is 2.09. The minimum Gasteiger partial charge on any atom is -0.387 e. The second-order valence-corrected chi connectivity index (χ2v) is 4.75. The van der Waals surface area contributed by atoms with Gasteiger partial charge in [-0.1, -0.05) is 38.1 Å². The lowest BCUT2D eigenvalue weighted by molar-refractivity contribution is 0.156. The van der Waals surface area contributed by atoms with Gasteiger partial charge in [0.25, 0.3) is 0 Å². The van der Waals surface area contributed by atoms with Gasteiger partial charge < -0.3 is 9.67 Å². The highest BCUT2D eigenvalue weighted by atomic mass is 16.3. The highest BCUT2D eigenvalue weighted by Crippen LogP contribution is 2.21. The van der Waals surface area contributed by atoms with Crippen LogP contribution in [0, 0.1) is 0 Å². The quantitative estimate of drug-likeness (QED) is 0.877. The lowest BCUT2D eigenvalue weighted by atomic mass is 9.96. The van der Waals surface area contributed by atoms with Crippen molar-refractivity contribution in [3.63, 3.8) is 0 Å². The summed E-state index contributed by atoms with van der Waals surface area (Å²) in [5.41, 5.74) is 2.28. The van der Waals surface area contributed by atoms with Crippen molar-refractivity contribution in [1.82, 2.24) is 9.55 Å². The van der Waals surface area contributed by atoms with Gasteiger partial charge in [-0.25, -0.2) is 4.98 Å². The monoisotopic (exact) mass is 244 g/mol. The maximum absolute atomic E-state index is 10.1. The minimum absolute atomic E-state index is 0.481. The van der Waals surface area contributed by atoms with Gasteiger partial charge in [0.1, 0.15) is 0 Å². The number of aliphatic hydroxyl groups is 1. The number of benzene rings is 1. The molecule has 3 heteroatoms. The van der Waals surface area contributed by atoms with Crippen LogP contribution in [-0.2, 0) is 6.54 Å². The molecule has 2 rings (SSSR count). The van der Waals surface area contributed by atoms with E-state index >= 15 is 0 Å².